The predicted octanol–water partition coefficient (Wildman–Crippen LogP) is 4.49. The van der Waals surface area contributed by atoms with Crippen molar-refractivity contribution in [1.29, 1.82) is 0 Å². The van der Waals surface area contributed by atoms with Crippen molar-refractivity contribution >= 4 is 33.4 Å². The van der Waals surface area contributed by atoms with Crippen LogP contribution in [0.4, 0.5) is 5.69 Å². The van der Waals surface area contributed by atoms with Crippen molar-refractivity contribution in [2.45, 2.75) is 13.1 Å². The second-order valence-electron chi connectivity index (χ2n) is 7.39. The minimum Gasteiger partial charge on any atom is -0.493 e. The summed E-state index contributed by atoms with van der Waals surface area (Å²) in [6.45, 7) is 2.40. The molecule has 0 fully saturated rings. The van der Waals surface area contributed by atoms with E-state index < -0.39 is 12.1 Å². The van der Waals surface area contributed by atoms with Gasteiger partial charge in [0, 0.05) is 15.7 Å². The largest absolute Gasteiger partial charge is 0.493 e. The Morgan fingerprint density at radius 1 is 1.15 bits per heavy atom. The number of nitrogens with one attached hydrogen (secondary N) is 2. The maximum atomic E-state index is 13.5. The molecule has 0 bridgehead atoms. The topological polar surface area (TPSA) is 89.1 Å². The van der Waals surface area contributed by atoms with Crippen LogP contribution in [0.1, 0.15) is 39.4 Å². The molecule has 2 N–H and O–H groups in total. The molecule has 1 atom stereocenters. The maximum absolute atomic E-state index is 13.5. The number of nitrogens with zero attached hydrogens (tertiary/aromatic N) is 1. The van der Waals surface area contributed by atoms with Crippen molar-refractivity contribution < 1.29 is 23.8 Å². The molecule has 2 heterocycles. The smallest absolute Gasteiger partial charge is 0.276 e. The van der Waals surface area contributed by atoms with Crippen LogP contribution < -0.4 is 25.0 Å². The Balaban J connectivity index is 1.53. The van der Waals surface area contributed by atoms with Crippen LogP contribution in [0.3, 0.4) is 0 Å². The first-order valence-corrected chi connectivity index (χ1v) is 11.2. The van der Waals surface area contributed by atoms with Gasteiger partial charge in [0.05, 0.1) is 17.7 Å². The molecule has 3 aromatic rings. The van der Waals surface area contributed by atoms with E-state index in [4.69, 9.17) is 14.2 Å². The van der Waals surface area contributed by atoms with Crippen LogP contribution in [0, 0.1) is 0 Å². The van der Waals surface area contributed by atoms with Crippen molar-refractivity contribution in [3.05, 3.63) is 81.8 Å². The summed E-state index contributed by atoms with van der Waals surface area (Å²) in [6.07, 6.45) is -0.677. The Morgan fingerprint density at radius 3 is 2.82 bits per heavy atom. The third-order valence-electron chi connectivity index (χ3n) is 5.35. The summed E-state index contributed by atoms with van der Waals surface area (Å²) < 4.78 is 17.3. The van der Waals surface area contributed by atoms with Crippen LogP contribution in [-0.4, -0.2) is 30.2 Å². The van der Waals surface area contributed by atoms with Crippen LogP contribution in [0.2, 0.25) is 0 Å². The Kier molecular flexibility index (Phi) is 5.55. The lowest BCUT2D eigenvalue weighted by Gasteiger charge is -2.38. The van der Waals surface area contributed by atoms with E-state index in [9.17, 15) is 9.59 Å². The highest BCUT2D eigenvalue weighted by molar-refractivity contribution is 9.10. The molecule has 5 rings (SSSR count). The van der Waals surface area contributed by atoms with E-state index in [0.717, 1.165) is 10.0 Å². The molecule has 0 aromatic heterocycles. The van der Waals surface area contributed by atoms with E-state index in [1.165, 1.54) is 5.01 Å². The fourth-order valence-corrected chi connectivity index (χ4v) is 4.18. The number of rotatable bonds is 5. The van der Waals surface area contributed by atoms with Gasteiger partial charge in [0.25, 0.3) is 11.8 Å². The number of hydrogen-bond acceptors (Lipinski definition) is 6. The summed E-state index contributed by atoms with van der Waals surface area (Å²) in [6, 6.07) is 17.7. The van der Waals surface area contributed by atoms with E-state index in [0.29, 0.717) is 40.7 Å². The first kappa shape index (κ1) is 21.1. The Morgan fingerprint density at radius 2 is 1.97 bits per heavy atom. The van der Waals surface area contributed by atoms with Crippen molar-refractivity contribution in [3.63, 3.8) is 0 Å². The zero-order chi connectivity index (χ0) is 22.9. The van der Waals surface area contributed by atoms with Gasteiger partial charge in [0.15, 0.2) is 11.5 Å². The number of para-hydroxylation sites is 1. The highest BCUT2D eigenvalue weighted by Gasteiger charge is 2.36. The van der Waals surface area contributed by atoms with Crippen molar-refractivity contribution in [1.82, 2.24) is 10.4 Å². The van der Waals surface area contributed by atoms with Gasteiger partial charge in [-0.25, -0.2) is 5.01 Å². The lowest BCUT2D eigenvalue weighted by atomic mass is 10.0. The van der Waals surface area contributed by atoms with Gasteiger partial charge in [-0.05, 0) is 49.4 Å². The fourth-order valence-electron chi connectivity index (χ4n) is 3.81. The molecule has 33 heavy (non-hydrogen) atoms. The summed E-state index contributed by atoms with van der Waals surface area (Å²) in [5.41, 5.74) is 4.92. The molecule has 0 aliphatic carbocycles. The van der Waals surface area contributed by atoms with Gasteiger partial charge in [-0.1, -0.05) is 34.1 Å². The first-order chi connectivity index (χ1) is 16.0. The summed E-state index contributed by atoms with van der Waals surface area (Å²) in [5.74, 6) is 0.841. The Bertz CT molecular complexity index is 1250. The van der Waals surface area contributed by atoms with Crippen molar-refractivity contribution in [3.8, 4) is 17.2 Å². The highest BCUT2D eigenvalue weighted by atomic mass is 79.9. The van der Waals surface area contributed by atoms with Gasteiger partial charge < -0.3 is 19.5 Å². The number of carbonyl (C=O) groups excluding carboxylic acids is 2. The van der Waals surface area contributed by atoms with E-state index in [1.807, 2.05) is 25.1 Å². The number of halogens is 1. The molecular formula is C24H20BrN3O5. The quantitative estimate of drug-likeness (QED) is 0.526. The van der Waals surface area contributed by atoms with Crippen LogP contribution in [0.5, 0.6) is 17.2 Å². The van der Waals surface area contributed by atoms with E-state index >= 15 is 0 Å². The minimum absolute atomic E-state index is 0.140. The van der Waals surface area contributed by atoms with Crippen LogP contribution in [-0.2, 0) is 0 Å². The van der Waals surface area contributed by atoms with E-state index in [2.05, 4.69) is 26.7 Å². The fraction of sp³-hybridized carbons (Fsp3) is 0.167. The molecule has 0 saturated heterocycles. The second-order valence-corrected chi connectivity index (χ2v) is 8.31. The summed E-state index contributed by atoms with van der Waals surface area (Å²) >= 11 is 3.41. The van der Waals surface area contributed by atoms with Crippen LogP contribution in [0.25, 0.3) is 0 Å². The number of ether oxygens (including phenoxy) is 3. The molecule has 8 nitrogen and oxygen atoms in total. The van der Waals surface area contributed by atoms with Gasteiger partial charge in [0.2, 0.25) is 6.79 Å². The lowest BCUT2D eigenvalue weighted by molar-refractivity contribution is 0.0489. The van der Waals surface area contributed by atoms with Gasteiger partial charge in [-0.15, -0.1) is 0 Å². The maximum Gasteiger partial charge on any atom is 0.276 e. The molecule has 0 radical (unpaired) electrons. The molecule has 0 spiro atoms. The molecule has 2 amide bonds. The summed E-state index contributed by atoms with van der Waals surface area (Å²) in [5, 5.41) is 4.64. The second kappa shape index (κ2) is 8.67. The first-order valence-electron chi connectivity index (χ1n) is 10.4. The number of hydrazine groups is 1. The Labute approximate surface area is 198 Å². The van der Waals surface area contributed by atoms with Gasteiger partial charge in [0.1, 0.15) is 11.9 Å². The average Bonchev–Trinajstić information content (AvgIpc) is 3.29. The lowest BCUT2D eigenvalue weighted by Crippen LogP contribution is -2.52. The van der Waals surface area contributed by atoms with Gasteiger partial charge in [-0.2, -0.15) is 0 Å². The molecule has 2 aliphatic rings. The van der Waals surface area contributed by atoms with Gasteiger partial charge in [-0.3, -0.25) is 15.0 Å². The predicted molar refractivity (Wildman–Crippen MR) is 124 cm³/mol. The number of benzene rings is 3. The summed E-state index contributed by atoms with van der Waals surface area (Å²) in [7, 11) is 0. The number of amides is 2. The van der Waals surface area contributed by atoms with E-state index in [1.54, 1.807) is 42.5 Å². The van der Waals surface area contributed by atoms with Crippen molar-refractivity contribution in [2.75, 3.05) is 18.7 Å². The number of hydrogen-bond donors (Lipinski definition) is 2. The third kappa shape index (κ3) is 3.95. The van der Waals surface area contributed by atoms with Crippen molar-refractivity contribution in [2.24, 2.45) is 0 Å². The number of carbonyl (C=O) groups is 2. The highest BCUT2D eigenvalue weighted by Crippen LogP contribution is 2.38. The number of fused-ring (bicyclic) bond motifs is 2. The zero-order valence-corrected chi connectivity index (χ0v) is 19.2. The van der Waals surface area contributed by atoms with Crippen LogP contribution in [0.15, 0.2) is 65.1 Å². The molecule has 0 unspecified atom stereocenters. The average molecular weight is 510 g/mol. The SMILES string of the molecule is CCOc1ccccc1C(=O)NN1C(=O)c2cc(Br)ccc2N[C@@H]1c1ccc2c(c1)OCO2. The molecular weight excluding hydrogens is 490 g/mol. The van der Waals surface area contributed by atoms with Gasteiger partial charge >= 0.3 is 0 Å². The Hall–Kier alpha value is -3.72. The molecule has 3 aromatic carbocycles. The van der Waals surface area contributed by atoms with Crippen LogP contribution >= 0.6 is 15.9 Å². The third-order valence-corrected chi connectivity index (χ3v) is 5.84. The zero-order valence-electron chi connectivity index (χ0n) is 17.6. The molecule has 9 heteroatoms. The van der Waals surface area contributed by atoms with E-state index in [-0.39, 0.29) is 12.7 Å². The number of anilines is 1. The monoisotopic (exact) mass is 509 g/mol. The molecule has 168 valence electrons. The minimum atomic E-state index is -0.677. The normalized spacial score (nSPS) is 16.1. The standard InChI is InChI=1S/C24H20BrN3O5/c1-2-31-19-6-4-3-5-16(19)23(29)27-28-22(14-7-10-20-21(11-14)33-13-32-20)26-18-9-8-15(25)12-17(18)24(28)30/h3-12,22,26H,2,13H2,1H3,(H,27,29)/t22-/m0/s1. The molecule has 0 saturated carbocycles. The summed E-state index contributed by atoms with van der Waals surface area (Å²) in [4.78, 5) is 26.8. The molecule has 2 aliphatic heterocycles.